The summed E-state index contributed by atoms with van der Waals surface area (Å²) in [5.74, 6) is -0.189. The zero-order valence-corrected chi connectivity index (χ0v) is 13.5. The van der Waals surface area contributed by atoms with Gasteiger partial charge < -0.3 is 9.88 Å². The molecule has 0 spiro atoms. The molecule has 0 aliphatic carbocycles. The number of amides is 1. The molecule has 0 saturated heterocycles. The highest BCUT2D eigenvalue weighted by Gasteiger charge is 2.25. The highest BCUT2D eigenvalue weighted by Crippen LogP contribution is 2.26. The van der Waals surface area contributed by atoms with Crippen molar-refractivity contribution in [3.63, 3.8) is 0 Å². The van der Waals surface area contributed by atoms with Crippen molar-refractivity contribution in [3.8, 4) is 6.07 Å². The Morgan fingerprint density at radius 3 is 2.92 bits per heavy atom. The van der Waals surface area contributed by atoms with Gasteiger partial charge in [0.2, 0.25) is 5.91 Å². The molecule has 0 fully saturated rings. The molecule has 1 aliphatic heterocycles. The van der Waals surface area contributed by atoms with Gasteiger partial charge in [-0.1, -0.05) is 26.5 Å². The quantitative estimate of drug-likeness (QED) is 0.865. The number of fused-ring (bicyclic) bond motifs is 1. The summed E-state index contributed by atoms with van der Waals surface area (Å²) in [6.45, 7) is 8.22. The van der Waals surface area contributed by atoms with Crippen LogP contribution in [0.15, 0.2) is 29.7 Å². The van der Waals surface area contributed by atoms with E-state index >= 15 is 0 Å². The number of nitriles is 1. The largest absolute Gasteiger partial charge is 0.338 e. The van der Waals surface area contributed by atoms with Gasteiger partial charge >= 0.3 is 0 Å². The SMILES string of the molecule is C=CC(=O)N1CC=C(c2[nH]c3c(C#N)cnn3c(=O)c2C(C)C)C1. The minimum absolute atomic E-state index is 0.0343. The predicted molar refractivity (Wildman–Crippen MR) is 89.4 cm³/mol. The van der Waals surface area contributed by atoms with Gasteiger partial charge in [-0.2, -0.15) is 14.9 Å². The van der Waals surface area contributed by atoms with E-state index in [2.05, 4.69) is 16.7 Å². The Morgan fingerprint density at radius 1 is 1.54 bits per heavy atom. The fourth-order valence-electron chi connectivity index (χ4n) is 2.93. The van der Waals surface area contributed by atoms with E-state index in [0.717, 1.165) is 5.57 Å². The number of aromatic amines is 1. The Labute approximate surface area is 138 Å². The van der Waals surface area contributed by atoms with Crippen LogP contribution in [0.5, 0.6) is 0 Å². The third-order valence-electron chi connectivity index (χ3n) is 4.13. The Hall–Kier alpha value is -3.14. The number of carbonyl (C=O) groups excluding carboxylic acids is 1. The van der Waals surface area contributed by atoms with Gasteiger partial charge in [0.1, 0.15) is 11.6 Å². The molecule has 1 aliphatic rings. The van der Waals surface area contributed by atoms with Crippen molar-refractivity contribution >= 4 is 17.1 Å². The summed E-state index contributed by atoms with van der Waals surface area (Å²) in [6.07, 6.45) is 4.56. The Morgan fingerprint density at radius 2 is 2.29 bits per heavy atom. The van der Waals surface area contributed by atoms with Crippen LogP contribution >= 0.6 is 0 Å². The summed E-state index contributed by atoms with van der Waals surface area (Å²) in [7, 11) is 0. The lowest BCUT2D eigenvalue weighted by atomic mass is 9.98. The van der Waals surface area contributed by atoms with Crippen LogP contribution in [0, 0.1) is 11.3 Å². The van der Waals surface area contributed by atoms with E-state index in [9.17, 15) is 14.9 Å². The molecule has 24 heavy (non-hydrogen) atoms. The summed E-state index contributed by atoms with van der Waals surface area (Å²) >= 11 is 0. The van der Waals surface area contributed by atoms with Crippen molar-refractivity contribution in [3.05, 3.63) is 52.1 Å². The van der Waals surface area contributed by atoms with Crippen LogP contribution in [0.4, 0.5) is 0 Å². The van der Waals surface area contributed by atoms with Gasteiger partial charge in [-0.25, -0.2) is 0 Å². The standard InChI is InChI=1S/C17H17N5O2/c1-4-13(23)21-6-5-11(9-21)15-14(10(2)3)17(24)22-16(20-15)12(7-18)8-19-22/h4-5,8,10,20H,1,6,9H2,2-3H3. The molecule has 0 unspecified atom stereocenters. The number of hydrogen-bond donors (Lipinski definition) is 1. The molecular weight excluding hydrogens is 306 g/mol. The van der Waals surface area contributed by atoms with Crippen molar-refractivity contribution in [1.29, 1.82) is 5.26 Å². The predicted octanol–water partition coefficient (Wildman–Crippen LogP) is 1.43. The highest BCUT2D eigenvalue weighted by atomic mass is 16.2. The van der Waals surface area contributed by atoms with Crippen molar-refractivity contribution in [1.82, 2.24) is 19.5 Å². The summed E-state index contributed by atoms with van der Waals surface area (Å²) in [6, 6.07) is 2.03. The lowest BCUT2D eigenvalue weighted by Crippen LogP contribution is -2.28. The number of nitrogens with zero attached hydrogens (tertiary/aromatic N) is 4. The summed E-state index contributed by atoms with van der Waals surface area (Å²) in [5.41, 5.74) is 2.55. The topological polar surface area (TPSA) is 94.3 Å². The normalized spacial score (nSPS) is 14.1. The summed E-state index contributed by atoms with van der Waals surface area (Å²) < 4.78 is 1.22. The van der Waals surface area contributed by atoms with Gasteiger partial charge in [-0.3, -0.25) is 9.59 Å². The van der Waals surface area contributed by atoms with Gasteiger partial charge in [-0.15, -0.1) is 0 Å². The average molecular weight is 323 g/mol. The smallest absolute Gasteiger partial charge is 0.278 e. The molecule has 1 N–H and O–H groups in total. The fraction of sp³-hybridized carbons (Fsp3) is 0.294. The number of rotatable bonds is 3. The number of nitrogens with one attached hydrogen (secondary N) is 1. The van der Waals surface area contributed by atoms with Crippen LogP contribution < -0.4 is 5.56 Å². The molecule has 0 saturated carbocycles. The molecule has 2 aromatic rings. The molecular formula is C17H17N5O2. The van der Waals surface area contributed by atoms with E-state index in [4.69, 9.17) is 0 Å². The van der Waals surface area contributed by atoms with E-state index in [1.807, 2.05) is 26.0 Å². The monoisotopic (exact) mass is 323 g/mol. The van der Waals surface area contributed by atoms with Gasteiger partial charge in [0.05, 0.1) is 11.9 Å². The van der Waals surface area contributed by atoms with E-state index in [0.29, 0.717) is 35.6 Å². The lowest BCUT2D eigenvalue weighted by Gasteiger charge is -2.17. The minimum Gasteiger partial charge on any atom is -0.338 e. The number of hydrogen-bond acceptors (Lipinski definition) is 4. The molecule has 0 atom stereocenters. The average Bonchev–Trinajstić information content (AvgIpc) is 3.20. The number of H-pyrrole nitrogens is 1. The van der Waals surface area contributed by atoms with Crippen LogP contribution in [0.3, 0.4) is 0 Å². The summed E-state index contributed by atoms with van der Waals surface area (Å²) in [5, 5.41) is 13.2. The molecule has 3 rings (SSSR count). The third-order valence-corrected chi connectivity index (χ3v) is 4.13. The zero-order valence-electron chi connectivity index (χ0n) is 13.5. The van der Waals surface area contributed by atoms with Crippen molar-refractivity contribution in [2.45, 2.75) is 19.8 Å². The number of carbonyl (C=O) groups is 1. The van der Waals surface area contributed by atoms with Crippen molar-refractivity contribution in [2.75, 3.05) is 13.1 Å². The second kappa shape index (κ2) is 5.81. The molecule has 122 valence electrons. The first kappa shape index (κ1) is 15.7. The van der Waals surface area contributed by atoms with Gasteiger partial charge in [0.15, 0.2) is 5.65 Å². The van der Waals surface area contributed by atoms with Crippen LogP contribution in [0.25, 0.3) is 11.2 Å². The Kier molecular flexibility index (Phi) is 3.81. The first-order chi connectivity index (χ1) is 11.5. The van der Waals surface area contributed by atoms with Crippen LogP contribution in [0.2, 0.25) is 0 Å². The van der Waals surface area contributed by atoms with E-state index < -0.39 is 0 Å². The highest BCUT2D eigenvalue weighted by molar-refractivity contribution is 5.90. The number of aromatic nitrogens is 3. The van der Waals surface area contributed by atoms with Crippen LogP contribution in [-0.2, 0) is 4.79 Å². The fourth-order valence-corrected chi connectivity index (χ4v) is 2.93. The molecule has 2 aromatic heterocycles. The Bertz CT molecular complexity index is 971. The molecule has 3 heterocycles. The molecule has 0 bridgehead atoms. The molecule has 7 nitrogen and oxygen atoms in total. The second-order valence-electron chi connectivity index (χ2n) is 5.96. The van der Waals surface area contributed by atoms with E-state index in [-0.39, 0.29) is 17.4 Å². The second-order valence-corrected chi connectivity index (χ2v) is 5.96. The summed E-state index contributed by atoms with van der Waals surface area (Å²) in [4.78, 5) is 29.4. The Balaban J connectivity index is 2.19. The van der Waals surface area contributed by atoms with Crippen LogP contribution in [0.1, 0.15) is 36.6 Å². The van der Waals surface area contributed by atoms with E-state index in [1.165, 1.54) is 16.8 Å². The lowest BCUT2D eigenvalue weighted by molar-refractivity contribution is -0.124. The van der Waals surface area contributed by atoms with Crippen LogP contribution in [-0.4, -0.2) is 38.5 Å². The minimum atomic E-state index is -0.246. The van der Waals surface area contributed by atoms with Gasteiger partial charge in [-0.05, 0) is 17.6 Å². The van der Waals surface area contributed by atoms with Gasteiger partial charge in [0.25, 0.3) is 5.56 Å². The molecule has 7 heteroatoms. The van der Waals surface area contributed by atoms with Gasteiger partial charge in [0, 0.05) is 18.7 Å². The van der Waals surface area contributed by atoms with Crippen molar-refractivity contribution in [2.24, 2.45) is 0 Å². The third kappa shape index (κ3) is 2.33. The molecule has 1 amide bonds. The first-order valence-corrected chi connectivity index (χ1v) is 7.62. The van der Waals surface area contributed by atoms with E-state index in [1.54, 1.807) is 4.90 Å². The molecule has 0 radical (unpaired) electrons. The van der Waals surface area contributed by atoms with Crippen molar-refractivity contribution < 1.29 is 4.79 Å². The maximum Gasteiger partial charge on any atom is 0.278 e. The zero-order chi connectivity index (χ0) is 17.4. The molecule has 0 aromatic carbocycles. The first-order valence-electron chi connectivity index (χ1n) is 7.62. The maximum atomic E-state index is 12.8. The maximum absolute atomic E-state index is 12.8.